The van der Waals surface area contributed by atoms with E-state index < -0.39 is 0 Å². The van der Waals surface area contributed by atoms with E-state index in [1.807, 2.05) is 6.07 Å². The largest absolute Gasteiger partial charge is 0.496 e. The van der Waals surface area contributed by atoms with Gasteiger partial charge in [-0.3, -0.25) is 4.90 Å². The molecule has 0 unspecified atom stereocenters. The monoisotopic (exact) mass is 320 g/mol. The molecule has 2 fully saturated rings. The Hall–Kier alpha value is -1.46. The van der Waals surface area contributed by atoms with E-state index >= 15 is 0 Å². The first-order valence-electron chi connectivity index (χ1n) is 8.51. The standard InChI is InChI=1S/C18H28N2O3/c1-21-16-12-18(23-3)17(22-2)11-14(16)15(10-13-4-5-13)20-8-6-19-7-9-20/h11-13,15,19H,4-10H2,1-3H3/t15-/m1/s1. The smallest absolute Gasteiger partial charge is 0.164 e. The van der Waals surface area contributed by atoms with E-state index in [0.717, 1.165) is 49.3 Å². The van der Waals surface area contributed by atoms with Gasteiger partial charge in [0.2, 0.25) is 0 Å². The molecule has 1 atom stereocenters. The maximum absolute atomic E-state index is 5.68. The first kappa shape index (κ1) is 16.4. The average Bonchev–Trinajstić information content (AvgIpc) is 3.43. The lowest BCUT2D eigenvalue weighted by molar-refractivity contribution is 0.157. The summed E-state index contributed by atoms with van der Waals surface area (Å²) >= 11 is 0. The molecule has 1 aromatic carbocycles. The molecule has 5 heteroatoms. The minimum Gasteiger partial charge on any atom is -0.496 e. The van der Waals surface area contributed by atoms with Gasteiger partial charge in [0.15, 0.2) is 11.5 Å². The van der Waals surface area contributed by atoms with Crippen molar-refractivity contribution >= 4 is 0 Å². The van der Waals surface area contributed by atoms with Gasteiger partial charge in [0.25, 0.3) is 0 Å². The Morgan fingerprint density at radius 1 is 1.00 bits per heavy atom. The second kappa shape index (κ2) is 7.41. The van der Waals surface area contributed by atoms with Crippen molar-refractivity contribution in [2.45, 2.75) is 25.3 Å². The summed E-state index contributed by atoms with van der Waals surface area (Å²) in [7, 11) is 5.08. The molecule has 23 heavy (non-hydrogen) atoms. The fourth-order valence-electron chi connectivity index (χ4n) is 3.45. The fraction of sp³-hybridized carbons (Fsp3) is 0.667. The van der Waals surface area contributed by atoms with Gasteiger partial charge < -0.3 is 19.5 Å². The molecule has 5 nitrogen and oxygen atoms in total. The highest BCUT2D eigenvalue weighted by molar-refractivity contribution is 5.52. The summed E-state index contributed by atoms with van der Waals surface area (Å²) in [6.07, 6.45) is 3.92. The van der Waals surface area contributed by atoms with Crippen molar-refractivity contribution in [2.75, 3.05) is 47.5 Å². The Labute approximate surface area is 138 Å². The van der Waals surface area contributed by atoms with Crippen LogP contribution in [0.2, 0.25) is 0 Å². The molecule has 0 bridgehead atoms. The van der Waals surface area contributed by atoms with E-state index in [-0.39, 0.29) is 0 Å². The Kier molecular flexibility index (Phi) is 5.28. The highest BCUT2D eigenvalue weighted by Gasteiger charge is 2.32. The third-order valence-electron chi connectivity index (χ3n) is 4.94. The van der Waals surface area contributed by atoms with Gasteiger partial charge in [-0.2, -0.15) is 0 Å². The van der Waals surface area contributed by atoms with Crippen molar-refractivity contribution in [3.8, 4) is 17.2 Å². The van der Waals surface area contributed by atoms with Crippen LogP contribution in [0.15, 0.2) is 12.1 Å². The topological polar surface area (TPSA) is 43.0 Å². The van der Waals surface area contributed by atoms with Gasteiger partial charge in [0, 0.05) is 43.9 Å². The van der Waals surface area contributed by atoms with Gasteiger partial charge in [0.1, 0.15) is 5.75 Å². The van der Waals surface area contributed by atoms with Crippen LogP contribution in [0.25, 0.3) is 0 Å². The zero-order chi connectivity index (χ0) is 16.2. The molecular weight excluding hydrogens is 292 g/mol. The normalized spacial score (nSPS) is 20.1. The first-order valence-corrected chi connectivity index (χ1v) is 8.51. The summed E-state index contributed by atoms with van der Waals surface area (Å²) in [6, 6.07) is 4.45. The van der Waals surface area contributed by atoms with E-state index in [0.29, 0.717) is 6.04 Å². The molecule has 3 rings (SSSR count). The molecule has 128 valence electrons. The van der Waals surface area contributed by atoms with Gasteiger partial charge in [0.05, 0.1) is 21.3 Å². The van der Waals surface area contributed by atoms with E-state index in [1.165, 1.54) is 24.8 Å². The number of hydrogen-bond acceptors (Lipinski definition) is 5. The molecule has 1 saturated carbocycles. The zero-order valence-electron chi connectivity index (χ0n) is 14.4. The van der Waals surface area contributed by atoms with Crippen LogP contribution in [0.4, 0.5) is 0 Å². The maximum Gasteiger partial charge on any atom is 0.164 e. The van der Waals surface area contributed by atoms with Crippen LogP contribution in [0, 0.1) is 5.92 Å². The predicted octanol–water partition coefficient (Wildman–Crippen LogP) is 2.46. The second-order valence-electron chi connectivity index (χ2n) is 6.43. The molecule has 1 aliphatic carbocycles. The lowest BCUT2D eigenvalue weighted by atomic mass is 9.97. The molecule has 1 N–H and O–H groups in total. The number of nitrogens with zero attached hydrogens (tertiary/aromatic N) is 1. The van der Waals surface area contributed by atoms with Crippen molar-refractivity contribution in [1.29, 1.82) is 0 Å². The van der Waals surface area contributed by atoms with Crippen LogP contribution in [-0.4, -0.2) is 52.4 Å². The molecule has 1 heterocycles. The Morgan fingerprint density at radius 2 is 1.61 bits per heavy atom. The second-order valence-corrected chi connectivity index (χ2v) is 6.43. The molecule has 0 aromatic heterocycles. The summed E-state index contributed by atoms with van der Waals surface area (Å²) in [5.41, 5.74) is 1.22. The van der Waals surface area contributed by atoms with Gasteiger partial charge in [-0.1, -0.05) is 12.8 Å². The van der Waals surface area contributed by atoms with Crippen LogP contribution in [0.5, 0.6) is 17.2 Å². The predicted molar refractivity (Wildman–Crippen MR) is 90.6 cm³/mol. The highest BCUT2D eigenvalue weighted by Crippen LogP contribution is 2.45. The van der Waals surface area contributed by atoms with Crippen molar-refractivity contribution in [3.63, 3.8) is 0 Å². The van der Waals surface area contributed by atoms with Gasteiger partial charge in [-0.05, 0) is 18.4 Å². The number of nitrogens with one attached hydrogen (secondary N) is 1. The van der Waals surface area contributed by atoms with E-state index in [9.17, 15) is 0 Å². The van der Waals surface area contributed by atoms with Crippen LogP contribution in [0.1, 0.15) is 30.9 Å². The molecule has 0 amide bonds. The minimum absolute atomic E-state index is 0.388. The third-order valence-corrected chi connectivity index (χ3v) is 4.94. The van der Waals surface area contributed by atoms with Crippen LogP contribution >= 0.6 is 0 Å². The molecule has 1 saturated heterocycles. The van der Waals surface area contributed by atoms with Gasteiger partial charge in [-0.25, -0.2) is 0 Å². The molecule has 0 spiro atoms. The zero-order valence-corrected chi connectivity index (χ0v) is 14.4. The van der Waals surface area contributed by atoms with E-state index in [1.54, 1.807) is 21.3 Å². The summed E-state index contributed by atoms with van der Waals surface area (Å²) in [6.45, 7) is 4.26. The number of benzene rings is 1. The minimum atomic E-state index is 0.388. The SMILES string of the molecule is COc1cc(OC)c([C@@H](CC2CC2)N2CCNCC2)cc1OC. The van der Waals surface area contributed by atoms with Crippen LogP contribution < -0.4 is 19.5 Å². The average molecular weight is 320 g/mol. The van der Waals surface area contributed by atoms with E-state index in [2.05, 4.69) is 16.3 Å². The Morgan fingerprint density at radius 3 is 2.17 bits per heavy atom. The molecule has 0 radical (unpaired) electrons. The quantitative estimate of drug-likeness (QED) is 0.836. The van der Waals surface area contributed by atoms with Crippen molar-refractivity contribution in [1.82, 2.24) is 10.2 Å². The van der Waals surface area contributed by atoms with Gasteiger partial charge >= 0.3 is 0 Å². The lowest BCUT2D eigenvalue weighted by Gasteiger charge is -2.36. The molecule has 2 aliphatic rings. The first-order chi connectivity index (χ1) is 11.3. The van der Waals surface area contributed by atoms with E-state index in [4.69, 9.17) is 14.2 Å². The molecule has 1 aromatic rings. The van der Waals surface area contributed by atoms with Crippen molar-refractivity contribution in [3.05, 3.63) is 17.7 Å². The number of piperazine rings is 1. The number of methoxy groups -OCH3 is 3. The van der Waals surface area contributed by atoms with Crippen molar-refractivity contribution < 1.29 is 14.2 Å². The maximum atomic E-state index is 5.68. The summed E-state index contributed by atoms with van der Waals surface area (Å²) in [4.78, 5) is 2.58. The summed E-state index contributed by atoms with van der Waals surface area (Å²) < 4.78 is 16.6. The number of ether oxygens (including phenoxy) is 3. The molecular formula is C18H28N2O3. The number of hydrogen-bond donors (Lipinski definition) is 1. The Balaban J connectivity index is 1.95. The summed E-state index contributed by atoms with van der Waals surface area (Å²) in [5, 5.41) is 3.44. The Bertz CT molecular complexity index is 525. The summed E-state index contributed by atoms with van der Waals surface area (Å²) in [5.74, 6) is 3.25. The number of rotatable bonds is 7. The van der Waals surface area contributed by atoms with Crippen molar-refractivity contribution in [2.24, 2.45) is 5.92 Å². The molecule has 1 aliphatic heterocycles. The fourth-order valence-corrected chi connectivity index (χ4v) is 3.45. The van der Waals surface area contributed by atoms with Crippen LogP contribution in [0.3, 0.4) is 0 Å². The highest BCUT2D eigenvalue weighted by atomic mass is 16.5. The third kappa shape index (κ3) is 3.72. The van der Waals surface area contributed by atoms with Crippen LogP contribution in [-0.2, 0) is 0 Å². The van der Waals surface area contributed by atoms with Gasteiger partial charge in [-0.15, -0.1) is 0 Å². The lowest BCUT2D eigenvalue weighted by Crippen LogP contribution is -2.45.